The molecule has 5 rings (SSSR count). The van der Waals surface area contributed by atoms with Crippen molar-refractivity contribution in [2.24, 2.45) is 0 Å². The molecule has 158 valence electrons. The number of hydrogen-bond donors (Lipinski definition) is 2. The fraction of sp³-hybridized carbons (Fsp3) is 0.333. The number of nitrogens with zero attached hydrogens (tertiary/aromatic N) is 2. The number of pyridine rings is 1. The van der Waals surface area contributed by atoms with E-state index in [1.54, 1.807) is 18.2 Å². The zero-order valence-corrected chi connectivity index (χ0v) is 17.8. The Labute approximate surface area is 185 Å². The fourth-order valence-corrected chi connectivity index (χ4v) is 4.70. The predicted molar refractivity (Wildman–Crippen MR) is 122 cm³/mol. The monoisotopic (exact) mass is 434 g/mol. The van der Waals surface area contributed by atoms with Gasteiger partial charge in [-0.2, -0.15) is 5.26 Å². The Morgan fingerprint density at radius 1 is 1.23 bits per heavy atom. The molecule has 2 aliphatic rings. The number of piperidine rings is 1. The molecule has 0 unspecified atom stereocenters. The second-order valence-electron chi connectivity index (χ2n) is 8.24. The van der Waals surface area contributed by atoms with Gasteiger partial charge < -0.3 is 15.0 Å². The molecule has 1 fully saturated rings. The number of nitriles is 1. The van der Waals surface area contributed by atoms with Crippen molar-refractivity contribution in [3.05, 3.63) is 68.5 Å². The lowest BCUT2D eigenvalue weighted by atomic mass is 10.0. The maximum absolute atomic E-state index is 12.4. The van der Waals surface area contributed by atoms with Crippen LogP contribution in [0.1, 0.15) is 29.5 Å². The van der Waals surface area contributed by atoms with Crippen LogP contribution in [0, 0.1) is 11.3 Å². The minimum absolute atomic E-state index is 0.107. The van der Waals surface area contributed by atoms with Crippen molar-refractivity contribution in [3.8, 4) is 11.8 Å². The molecule has 0 spiro atoms. The van der Waals surface area contributed by atoms with Gasteiger partial charge in [-0.15, -0.1) is 0 Å². The average Bonchev–Trinajstić information content (AvgIpc) is 3.24. The summed E-state index contributed by atoms with van der Waals surface area (Å²) in [6.45, 7) is 3.57. The van der Waals surface area contributed by atoms with Crippen molar-refractivity contribution in [1.29, 1.82) is 5.26 Å². The van der Waals surface area contributed by atoms with Crippen molar-refractivity contribution in [2.45, 2.75) is 31.8 Å². The van der Waals surface area contributed by atoms with E-state index in [1.807, 2.05) is 0 Å². The minimum Gasteiger partial charge on any atom is -0.493 e. The van der Waals surface area contributed by atoms with Crippen molar-refractivity contribution in [1.82, 2.24) is 9.88 Å². The number of H-pyrrole nitrogens is 1. The van der Waals surface area contributed by atoms with E-state index in [4.69, 9.17) is 16.3 Å². The predicted octanol–water partition coefficient (Wildman–Crippen LogP) is 4.06. The molecular weight excluding hydrogens is 412 g/mol. The van der Waals surface area contributed by atoms with Crippen LogP contribution in [0.5, 0.6) is 5.75 Å². The molecule has 0 atom stereocenters. The summed E-state index contributed by atoms with van der Waals surface area (Å²) in [6, 6.07) is 14.1. The van der Waals surface area contributed by atoms with Crippen LogP contribution in [0.25, 0.3) is 10.9 Å². The number of hydrogen-bond acceptors (Lipinski definition) is 5. The van der Waals surface area contributed by atoms with Gasteiger partial charge in [0.25, 0.3) is 5.56 Å². The zero-order valence-electron chi connectivity index (χ0n) is 17.1. The highest BCUT2D eigenvalue weighted by Crippen LogP contribution is 2.30. The highest BCUT2D eigenvalue weighted by Gasteiger charge is 2.23. The van der Waals surface area contributed by atoms with E-state index < -0.39 is 0 Å². The molecule has 0 saturated carbocycles. The maximum Gasteiger partial charge on any atom is 0.268 e. The van der Waals surface area contributed by atoms with Crippen molar-refractivity contribution in [2.75, 3.05) is 25.0 Å². The Morgan fingerprint density at radius 2 is 2.06 bits per heavy atom. The SMILES string of the molecule is N#Cc1c(NC2CCN(Cc3ccc4c(c3)OCC4)CC2)c2cc(Cl)ccc2[nH]c1=O. The van der Waals surface area contributed by atoms with Crippen molar-refractivity contribution in [3.63, 3.8) is 0 Å². The topological polar surface area (TPSA) is 81.2 Å². The molecule has 3 heterocycles. The summed E-state index contributed by atoms with van der Waals surface area (Å²) in [5.74, 6) is 1.03. The van der Waals surface area contributed by atoms with Gasteiger partial charge in [0, 0.05) is 42.5 Å². The van der Waals surface area contributed by atoms with Gasteiger partial charge in [-0.05, 0) is 48.2 Å². The Bertz CT molecular complexity index is 1240. The number of likely N-dealkylation sites (tertiary alicyclic amines) is 1. The van der Waals surface area contributed by atoms with Crippen LogP contribution in [-0.4, -0.2) is 35.6 Å². The molecule has 0 radical (unpaired) electrons. The number of ether oxygens (including phenoxy) is 1. The first kappa shape index (κ1) is 19.9. The van der Waals surface area contributed by atoms with Gasteiger partial charge in [0.15, 0.2) is 0 Å². The van der Waals surface area contributed by atoms with Gasteiger partial charge in [0.2, 0.25) is 0 Å². The second-order valence-corrected chi connectivity index (χ2v) is 8.68. The van der Waals surface area contributed by atoms with E-state index in [9.17, 15) is 10.1 Å². The molecule has 1 saturated heterocycles. The second kappa shape index (κ2) is 8.26. The number of benzene rings is 2. The quantitative estimate of drug-likeness (QED) is 0.647. The zero-order chi connectivity index (χ0) is 21.4. The van der Waals surface area contributed by atoms with Crippen LogP contribution in [-0.2, 0) is 13.0 Å². The third kappa shape index (κ3) is 3.99. The first-order valence-electron chi connectivity index (χ1n) is 10.6. The van der Waals surface area contributed by atoms with Gasteiger partial charge in [0.1, 0.15) is 17.4 Å². The van der Waals surface area contributed by atoms with E-state index >= 15 is 0 Å². The van der Waals surface area contributed by atoms with Crippen LogP contribution in [0.15, 0.2) is 41.2 Å². The fourth-order valence-electron chi connectivity index (χ4n) is 4.53. The summed E-state index contributed by atoms with van der Waals surface area (Å²) < 4.78 is 5.69. The highest BCUT2D eigenvalue weighted by molar-refractivity contribution is 6.31. The molecule has 0 aliphatic carbocycles. The van der Waals surface area contributed by atoms with Gasteiger partial charge in [0.05, 0.1) is 17.8 Å². The van der Waals surface area contributed by atoms with Crippen LogP contribution >= 0.6 is 11.6 Å². The van der Waals surface area contributed by atoms with Gasteiger partial charge >= 0.3 is 0 Å². The summed E-state index contributed by atoms with van der Waals surface area (Å²) in [7, 11) is 0. The summed E-state index contributed by atoms with van der Waals surface area (Å²) in [6.07, 6.45) is 2.86. The lowest BCUT2D eigenvalue weighted by Gasteiger charge is -2.33. The van der Waals surface area contributed by atoms with E-state index in [0.717, 1.165) is 56.6 Å². The molecule has 2 aliphatic heterocycles. The third-order valence-corrected chi connectivity index (χ3v) is 6.43. The largest absolute Gasteiger partial charge is 0.493 e. The van der Waals surface area contributed by atoms with Crippen molar-refractivity contribution >= 4 is 28.2 Å². The lowest BCUT2D eigenvalue weighted by Crippen LogP contribution is -2.39. The average molecular weight is 435 g/mol. The van der Waals surface area contributed by atoms with Crippen LogP contribution in [0.3, 0.4) is 0 Å². The molecular formula is C24H23ClN4O2. The summed E-state index contributed by atoms with van der Waals surface area (Å²) in [4.78, 5) is 17.6. The number of nitrogens with one attached hydrogen (secondary N) is 2. The summed E-state index contributed by atoms with van der Waals surface area (Å²) in [5, 5.41) is 14.4. The molecule has 31 heavy (non-hydrogen) atoms. The van der Waals surface area contributed by atoms with Crippen LogP contribution in [0.4, 0.5) is 5.69 Å². The Hall–Kier alpha value is -3.01. The first-order valence-corrected chi connectivity index (χ1v) is 11.0. The van der Waals surface area contributed by atoms with Crippen LogP contribution < -0.4 is 15.6 Å². The van der Waals surface area contributed by atoms with E-state index in [1.165, 1.54) is 11.1 Å². The smallest absolute Gasteiger partial charge is 0.268 e. The van der Waals surface area contributed by atoms with Crippen molar-refractivity contribution < 1.29 is 4.74 Å². The van der Waals surface area contributed by atoms with Gasteiger partial charge in [-0.25, -0.2) is 0 Å². The molecule has 0 amide bonds. The van der Waals surface area contributed by atoms with Crippen LogP contribution in [0.2, 0.25) is 5.02 Å². The molecule has 1 aromatic heterocycles. The number of aromatic amines is 1. The molecule has 3 aromatic rings. The molecule has 2 aromatic carbocycles. The van der Waals surface area contributed by atoms with Gasteiger partial charge in [-0.3, -0.25) is 9.69 Å². The normalized spacial score (nSPS) is 16.6. The number of aromatic nitrogens is 1. The Balaban J connectivity index is 1.30. The van der Waals surface area contributed by atoms with E-state index in [2.05, 4.69) is 39.5 Å². The third-order valence-electron chi connectivity index (χ3n) is 6.19. The van der Waals surface area contributed by atoms with Gasteiger partial charge in [-0.1, -0.05) is 23.7 Å². The number of halogens is 1. The molecule has 7 heteroatoms. The number of anilines is 1. The maximum atomic E-state index is 12.4. The highest BCUT2D eigenvalue weighted by atomic mass is 35.5. The van der Waals surface area contributed by atoms with E-state index in [-0.39, 0.29) is 17.2 Å². The molecule has 2 N–H and O–H groups in total. The number of rotatable bonds is 4. The number of fused-ring (bicyclic) bond motifs is 2. The lowest BCUT2D eigenvalue weighted by molar-refractivity contribution is 0.211. The first-order chi connectivity index (χ1) is 15.1. The standard InChI is InChI=1S/C24H23ClN4O2/c25-17-3-4-21-19(12-17)23(20(13-26)24(30)28-21)27-18-5-8-29(9-6-18)14-15-1-2-16-7-10-31-22(16)11-15/h1-4,11-12,18H,5-10,14H2,(H2,27,28,30). The minimum atomic E-state index is -0.379. The van der Waals surface area contributed by atoms with E-state index in [0.29, 0.717) is 16.2 Å². The summed E-state index contributed by atoms with van der Waals surface area (Å²) in [5.41, 5.74) is 3.55. The molecule has 6 nitrogen and oxygen atoms in total. The summed E-state index contributed by atoms with van der Waals surface area (Å²) >= 11 is 6.18. The Kier molecular flexibility index (Phi) is 5.31. The Morgan fingerprint density at radius 3 is 2.87 bits per heavy atom. The molecule has 0 bridgehead atoms.